The molecule has 2 rings (SSSR count). The van der Waals surface area contributed by atoms with E-state index in [-0.39, 0.29) is 12.2 Å². The SMILES string of the molecule is CCCCC(CCCC)CC(O)CCCC(O)CC.O=C(O)c1ccccc1.O=C(O)c1ccccc1. The van der Waals surface area contributed by atoms with Crippen molar-refractivity contribution < 1.29 is 30.0 Å². The third kappa shape index (κ3) is 19.1. The fraction of sp³-hybridized carbons (Fsp3) is 0.548. The summed E-state index contributed by atoms with van der Waals surface area (Å²) in [6.45, 7) is 6.48. The summed E-state index contributed by atoms with van der Waals surface area (Å²) in [5, 5.41) is 36.4. The Labute approximate surface area is 223 Å². The molecule has 0 saturated carbocycles. The van der Waals surface area contributed by atoms with Gasteiger partial charge in [-0.2, -0.15) is 0 Å². The predicted molar refractivity (Wildman–Crippen MR) is 150 cm³/mol. The Morgan fingerprint density at radius 2 is 1.03 bits per heavy atom. The smallest absolute Gasteiger partial charge is 0.335 e. The van der Waals surface area contributed by atoms with Crippen molar-refractivity contribution in [1.82, 2.24) is 0 Å². The Morgan fingerprint density at radius 3 is 1.35 bits per heavy atom. The molecule has 0 aromatic heterocycles. The summed E-state index contributed by atoms with van der Waals surface area (Å²) in [4.78, 5) is 20.4. The molecule has 208 valence electrons. The number of aliphatic hydroxyl groups is 2. The highest BCUT2D eigenvalue weighted by molar-refractivity contribution is 5.87. The van der Waals surface area contributed by atoms with Crippen molar-refractivity contribution in [2.24, 2.45) is 5.92 Å². The summed E-state index contributed by atoms with van der Waals surface area (Å²) in [6.07, 6.45) is 11.7. The lowest BCUT2D eigenvalue weighted by Gasteiger charge is -2.20. The zero-order chi connectivity index (χ0) is 27.9. The summed E-state index contributed by atoms with van der Waals surface area (Å²) in [5.74, 6) is -1.06. The second-order valence-electron chi connectivity index (χ2n) is 9.38. The van der Waals surface area contributed by atoms with E-state index in [2.05, 4.69) is 13.8 Å². The lowest BCUT2D eigenvalue weighted by molar-refractivity contribution is 0.0686. The lowest BCUT2D eigenvalue weighted by Crippen LogP contribution is -2.15. The monoisotopic (exact) mass is 516 g/mol. The molecule has 2 unspecified atom stereocenters. The van der Waals surface area contributed by atoms with Gasteiger partial charge in [-0.15, -0.1) is 0 Å². The van der Waals surface area contributed by atoms with Crippen LogP contribution in [0.5, 0.6) is 0 Å². The van der Waals surface area contributed by atoms with E-state index in [1.165, 1.54) is 38.5 Å². The van der Waals surface area contributed by atoms with Gasteiger partial charge in [-0.1, -0.05) is 95.7 Å². The van der Waals surface area contributed by atoms with E-state index >= 15 is 0 Å². The second kappa shape index (κ2) is 22.5. The van der Waals surface area contributed by atoms with Crippen LogP contribution in [0.1, 0.15) is 112 Å². The van der Waals surface area contributed by atoms with Crippen LogP contribution < -0.4 is 0 Å². The summed E-state index contributed by atoms with van der Waals surface area (Å²) in [6, 6.07) is 16.6. The van der Waals surface area contributed by atoms with Gasteiger partial charge in [0.25, 0.3) is 0 Å². The number of aliphatic hydroxyl groups excluding tert-OH is 2. The Morgan fingerprint density at radius 1 is 0.622 bits per heavy atom. The van der Waals surface area contributed by atoms with Gasteiger partial charge in [0.2, 0.25) is 0 Å². The van der Waals surface area contributed by atoms with E-state index in [1.807, 2.05) is 6.92 Å². The van der Waals surface area contributed by atoms with E-state index in [9.17, 15) is 19.8 Å². The van der Waals surface area contributed by atoms with Gasteiger partial charge in [-0.05, 0) is 62.3 Å². The van der Waals surface area contributed by atoms with Gasteiger partial charge in [-0.25, -0.2) is 9.59 Å². The number of carboxylic acid groups (broad SMARTS) is 2. The van der Waals surface area contributed by atoms with Crippen LogP contribution in [-0.2, 0) is 0 Å². The predicted octanol–water partition coefficient (Wildman–Crippen LogP) is 7.44. The first kappa shape index (κ1) is 34.3. The first-order valence-corrected chi connectivity index (χ1v) is 13.7. The van der Waals surface area contributed by atoms with Crippen LogP contribution in [0.2, 0.25) is 0 Å². The molecule has 0 aliphatic heterocycles. The average molecular weight is 517 g/mol. The highest BCUT2D eigenvalue weighted by Gasteiger charge is 2.14. The second-order valence-corrected chi connectivity index (χ2v) is 9.38. The largest absolute Gasteiger partial charge is 0.478 e. The molecule has 0 bridgehead atoms. The maximum Gasteiger partial charge on any atom is 0.335 e. The third-order valence-corrected chi connectivity index (χ3v) is 6.12. The Bertz CT molecular complexity index is 751. The van der Waals surface area contributed by atoms with Crippen LogP contribution >= 0.6 is 0 Å². The Kier molecular flexibility index (Phi) is 20.9. The van der Waals surface area contributed by atoms with E-state index in [0.29, 0.717) is 17.0 Å². The van der Waals surface area contributed by atoms with Crippen molar-refractivity contribution >= 4 is 11.9 Å². The number of rotatable bonds is 15. The number of unbranched alkanes of at least 4 members (excludes halogenated alkanes) is 2. The number of aromatic carboxylic acids is 2. The normalized spacial score (nSPS) is 11.9. The number of benzene rings is 2. The van der Waals surface area contributed by atoms with Crippen molar-refractivity contribution in [2.75, 3.05) is 0 Å². The summed E-state index contributed by atoms with van der Waals surface area (Å²) >= 11 is 0. The highest BCUT2D eigenvalue weighted by Crippen LogP contribution is 2.23. The number of carbonyl (C=O) groups is 2. The van der Waals surface area contributed by atoms with E-state index < -0.39 is 11.9 Å². The van der Waals surface area contributed by atoms with Gasteiger partial charge in [0.15, 0.2) is 0 Å². The number of hydrogen-bond acceptors (Lipinski definition) is 4. The summed E-state index contributed by atoms with van der Waals surface area (Å²) in [5.41, 5.74) is 0.662. The first-order valence-electron chi connectivity index (χ1n) is 13.7. The average Bonchev–Trinajstić information content (AvgIpc) is 2.91. The van der Waals surface area contributed by atoms with Gasteiger partial charge in [0, 0.05) is 0 Å². The maximum absolute atomic E-state index is 10.2. The number of hydrogen-bond donors (Lipinski definition) is 4. The molecule has 2 atom stereocenters. The first-order chi connectivity index (χ1) is 17.7. The molecule has 37 heavy (non-hydrogen) atoms. The van der Waals surface area contributed by atoms with Gasteiger partial charge in [0.05, 0.1) is 23.3 Å². The molecule has 0 aliphatic carbocycles. The molecule has 0 spiro atoms. The van der Waals surface area contributed by atoms with Crippen molar-refractivity contribution in [2.45, 2.75) is 104 Å². The summed E-state index contributed by atoms with van der Waals surface area (Å²) < 4.78 is 0. The van der Waals surface area contributed by atoms with Crippen molar-refractivity contribution in [3.05, 3.63) is 71.8 Å². The van der Waals surface area contributed by atoms with Crippen LogP contribution in [-0.4, -0.2) is 44.6 Å². The molecule has 6 nitrogen and oxygen atoms in total. The van der Waals surface area contributed by atoms with Crippen LogP contribution in [0.4, 0.5) is 0 Å². The van der Waals surface area contributed by atoms with Gasteiger partial charge in [0.1, 0.15) is 0 Å². The Hall–Kier alpha value is -2.70. The Balaban J connectivity index is 0.000000591. The highest BCUT2D eigenvalue weighted by atomic mass is 16.4. The van der Waals surface area contributed by atoms with Crippen molar-refractivity contribution in [3.63, 3.8) is 0 Å². The van der Waals surface area contributed by atoms with Crippen LogP contribution in [0.3, 0.4) is 0 Å². The van der Waals surface area contributed by atoms with E-state index in [0.717, 1.165) is 32.1 Å². The fourth-order valence-electron chi connectivity index (χ4n) is 3.82. The molecule has 0 aliphatic rings. The molecular weight excluding hydrogens is 468 g/mol. The van der Waals surface area contributed by atoms with E-state index in [4.69, 9.17) is 10.2 Å². The standard InChI is InChI=1S/C17H36O2.2C7H6O2/c1-4-7-10-15(11-8-5-2)14-17(19)13-9-12-16(18)6-3;2*8-7(9)6-4-2-1-3-5-6/h15-19H,4-14H2,1-3H3;2*1-5H,(H,8,9). The molecule has 0 saturated heterocycles. The van der Waals surface area contributed by atoms with E-state index in [1.54, 1.807) is 60.7 Å². The molecule has 0 amide bonds. The van der Waals surface area contributed by atoms with Gasteiger partial charge in [-0.3, -0.25) is 0 Å². The maximum atomic E-state index is 10.2. The zero-order valence-electron chi connectivity index (χ0n) is 22.9. The number of carboxylic acids is 2. The fourth-order valence-corrected chi connectivity index (χ4v) is 3.82. The lowest BCUT2D eigenvalue weighted by atomic mass is 9.89. The van der Waals surface area contributed by atoms with Crippen LogP contribution in [0, 0.1) is 5.92 Å². The van der Waals surface area contributed by atoms with Crippen molar-refractivity contribution in [1.29, 1.82) is 0 Å². The minimum absolute atomic E-state index is 0.164. The molecular formula is C31H48O6. The van der Waals surface area contributed by atoms with Crippen LogP contribution in [0.15, 0.2) is 60.7 Å². The zero-order valence-corrected chi connectivity index (χ0v) is 22.9. The minimum atomic E-state index is -0.879. The topological polar surface area (TPSA) is 115 Å². The van der Waals surface area contributed by atoms with Gasteiger partial charge < -0.3 is 20.4 Å². The van der Waals surface area contributed by atoms with Gasteiger partial charge >= 0.3 is 11.9 Å². The molecule has 0 fully saturated rings. The molecule has 0 radical (unpaired) electrons. The van der Waals surface area contributed by atoms with Crippen LogP contribution in [0.25, 0.3) is 0 Å². The molecule has 4 N–H and O–H groups in total. The minimum Gasteiger partial charge on any atom is -0.478 e. The summed E-state index contributed by atoms with van der Waals surface area (Å²) in [7, 11) is 0. The quantitative estimate of drug-likeness (QED) is 0.195. The molecule has 0 heterocycles. The molecule has 6 heteroatoms. The molecule has 2 aromatic carbocycles. The molecule has 2 aromatic rings. The van der Waals surface area contributed by atoms with Crippen molar-refractivity contribution in [3.8, 4) is 0 Å². The third-order valence-electron chi connectivity index (χ3n) is 6.12.